The smallest absolute Gasteiger partial charge is 0.338 e. The number of benzene rings is 1. The second-order valence-corrected chi connectivity index (χ2v) is 3.97. The molecule has 1 saturated carbocycles. The van der Waals surface area contributed by atoms with Crippen LogP contribution in [0, 0.1) is 21.8 Å². The van der Waals surface area contributed by atoms with E-state index in [0.717, 1.165) is 25.0 Å². The van der Waals surface area contributed by atoms with Gasteiger partial charge >= 0.3 is 11.7 Å². The number of nitro groups is 1. The molecule has 0 heterocycles. The number of halogens is 1. The van der Waals surface area contributed by atoms with E-state index in [2.05, 4.69) is 0 Å². The summed E-state index contributed by atoms with van der Waals surface area (Å²) in [4.78, 5) is 21.0. The van der Waals surface area contributed by atoms with Crippen molar-refractivity contribution in [3.8, 4) is 0 Å². The Balaban J connectivity index is 2.07. The van der Waals surface area contributed by atoms with Crippen molar-refractivity contribution >= 4 is 11.7 Å². The van der Waals surface area contributed by atoms with Crippen molar-refractivity contribution in [3.63, 3.8) is 0 Å². The summed E-state index contributed by atoms with van der Waals surface area (Å²) in [5.41, 5.74) is -0.655. The summed E-state index contributed by atoms with van der Waals surface area (Å²) in [7, 11) is 0. The van der Waals surface area contributed by atoms with Gasteiger partial charge < -0.3 is 4.74 Å². The highest BCUT2D eigenvalue weighted by Crippen LogP contribution is 2.29. The lowest BCUT2D eigenvalue weighted by molar-refractivity contribution is -0.387. The number of rotatable bonds is 4. The first-order valence-electron chi connectivity index (χ1n) is 5.19. The molecule has 0 spiro atoms. The first-order valence-corrected chi connectivity index (χ1v) is 5.19. The van der Waals surface area contributed by atoms with Crippen LogP contribution >= 0.6 is 0 Å². The third kappa shape index (κ3) is 2.77. The number of hydrogen-bond donors (Lipinski definition) is 0. The van der Waals surface area contributed by atoms with E-state index in [9.17, 15) is 19.3 Å². The molecule has 2 rings (SSSR count). The van der Waals surface area contributed by atoms with E-state index in [1.807, 2.05) is 0 Å². The Morgan fingerprint density at radius 1 is 1.53 bits per heavy atom. The predicted molar refractivity (Wildman–Crippen MR) is 56.1 cm³/mol. The predicted octanol–water partition coefficient (Wildman–Crippen LogP) is 2.30. The summed E-state index contributed by atoms with van der Waals surface area (Å²) < 4.78 is 18.2. The Labute approximate surface area is 96.3 Å². The van der Waals surface area contributed by atoms with Crippen molar-refractivity contribution < 1.29 is 18.8 Å². The standard InChI is InChI=1S/C11H10FNO4/c12-9-5-8(3-4-10(9)13(15)16)11(14)17-6-7-1-2-7/h3-5,7H,1-2,6H2. The van der Waals surface area contributed by atoms with E-state index in [4.69, 9.17) is 4.74 Å². The molecule has 1 aromatic rings. The van der Waals surface area contributed by atoms with Crippen molar-refractivity contribution in [3.05, 3.63) is 39.7 Å². The normalized spacial score (nSPS) is 14.4. The summed E-state index contributed by atoms with van der Waals surface area (Å²) in [6.45, 7) is 0.331. The molecule has 1 aliphatic rings. The zero-order valence-electron chi connectivity index (χ0n) is 8.89. The van der Waals surface area contributed by atoms with Crippen LogP contribution in [0.25, 0.3) is 0 Å². The zero-order valence-corrected chi connectivity index (χ0v) is 8.89. The van der Waals surface area contributed by atoms with Crippen molar-refractivity contribution in [2.45, 2.75) is 12.8 Å². The van der Waals surface area contributed by atoms with Gasteiger partial charge in [-0.15, -0.1) is 0 Å². The highest BCUT2D eigenvalue weighted by molar-refractivity contribution is 5.89. The maximum absolute atomic E-state index is 13.2. The molecule has 1 fully saturated rings. The zero-order chi connectivity index (χ0) is 12.4. The minimum atomic E-state index is -1.03. The Bertz CT molecular complexity index is 471. The third-order valence-electron chi connectivity index (χ3n) is 2.53. The Morgan fingerprint density at radius 3 is 2.76 bits per heavy atom. The molecule has 0 unspecified atom stereocenters. The molecule has 0 amide bonds. The summed E-state index contributed by atoms with van der Waals surface area (Å²) in [6.07, 6.45) is 2.09. The Morgan fingerprint density at radius 2 is 2.24 bits per heavy atom. The van der Waals surface area contributed by atoms with Crippen LogP contribution in [0.5, 0.6) is 0 Å². The van der Waals surface area contributed by atoms with Gasteiger partial charge in [-0.05, 0) is 30.9 Å². The largest absolute Gasteiger partial charge is 0.462 e. The Hall–Kier alpha value is -1.98. The van der Waals surface area contributed by atoms with E-state index in [1.54, 1.807) is 0 Å². The molecule has 90 valence electrons. The molecule has 5 nitrogen and oxygen atoms in total. The van der Waals surface area contributed by atoms with Gasteiger partial charge in [-0.2, -0.15) is 4.39 Å². The van der Waals surface area contributed by atoms with Crippen molar-refractivity contribution in [1.82, 2.24) is 0 Å². The maximum atomic E-state index is 13.2. The number of carbonyl (C=O) groups is 1. The second kappa shape index (κ2) is 4.48. The summed E-state index contributed by atoms with van der Waals surface area (Å²) >= 11 is 0. The second-order valence-electron chi connectivity index (χ2n) is 3.97. The van der Waals surface area contributed by atoms with Crippen LogP contribution in [0.2, 0.25) is 0 Å². The topological polar surface area (TPSA) is 69.4 Å². The SMILES string of the molecule is O=C(OCC1CC1)c1ccc([N+](=O)[O-])c(F)c1. The lowest BCUT2D eigenvalue weighted by atomic mass is 10.2. The first-order chi connectivity index (χ1) is 8.08. The average Bonchev–Trinajstić information content (AvgIpc) is 3.09. The fourth-order valence-corrected chi connectivity index (χ4v) is 1.34. The molecule has 0 aromatic heterocycles. The number of nitrogens with zero attached hydrogens (tertiary/aromatic N) is 1. The molecule has 0 radical (unpaired) electrons. The van der Waals surface area contributed by atoms with Gasteiger partial charge in [0.2, 0.25) is 5.82 Å². The van der Waals surface area contributed by atoms with E-state index in [0.29, 0.717) is 12.5 Å². The van der Waals surface area contributed by atoms with Crippen molar-refractivity contribution in [2.24, 2.45) is 5.92 Å². The molecule has 17 heavy (non-hydrogen) atoms. The minimum absolute atomic E-state index is 0.00579. The van der Waals surface area contributed by atoms with E-state index in [1.165, 1.54) is 6.07 Å². The van der Waals surface area contributed by atoms with Crippen molar-refractivity contribution in [2.75, 3.05) is 6.61 Å². The van der Waals surface area contributed by atoms with Gasteiger partial charge in [-0.25, -0.2) is 4.79 Å². The molecular formula is C11H10FNO4. The number of hydrogen-bond acceptors (Lipinski definition) is 4. The summed E-state index contributed by atoms with van der Waals surface area (Å²) in [5.74, 6) is -1.26. The third-order valence-corrected chi connectivity index (χ3v) is 2.53. The molecule has 0 bridgehead atoms. The molecule has 0 N–H and O–H groups in total. The van der Waals surface area contributed by atoms with Gasteiger partial charge in [0.1, 0.15) is 0 Å². The molecule has 0 aliphatic heterocycles. The number of esters is 1. The van der Waals surface area contributed by atoms with Crippen LogP contribution in [0.1, 0.15) is 23.2 Å². The quantitative estimate of drug-likeness (QED) is 0.459. The number of nitro benzene ring substituents is 1. The molecule has 6 heteroatoms. The minimum Gasteiger partial charge on any atom is -0.462 e. The van der Waals surface area contributed by atoms with E-state index >= 15 is 0 Å². The average molecular weight is 239 g/mol. The highest BCUT2D eigenvalue weighted by Gasteiger charge is 2.24. The Kier molecular flexibility index (Phi) is 3.03. The van der Waals surface area contributed by atoms with Crippen LogP contribution in [0.4, 0.5) is 10.1 Å². The van der Waals surface area contributed by atoms with Gasteiger partial charge in [0.25, 0.3) is 0 Å². The van der Waals surface area contributed by atoms with Crippen LogP contribution in [0.15, 0.2) is 18.2 Å². The van der Waals surface area contributed by atoms with E-state index in [-0.39, 0.29) is 5.56 Å². The van der Waals surface area contributed by atoms with Crippen LogP contribution in [-0.2, 0) is 4.74 Å². The fourth-order valence-electron chi connectivity index (χ4n) is 1.34. The molecule has 1 aliphatic carbocycles. The van der Waals surface area contributed by atoms with Gasteiger partial charge in [-0.3, -0.25) is 10.1 Å². The maximum Gasteiger partial charge on any atom is 0.338 e. The fraction of sp³-hybridized carbons (Fsp3) is 0.364. The molecule has 0 saturated heterocycles. The van der Waals surface area contributed by atoms with Crippen molar-refractivity contribution in [1.29, 1.82) is 0 Å². The van der Waals surface area contributed by atoms with Gasteiger partial charge in [0.15, 0.2) is 0 Å². The highest BCUT2D eigenvalue weighted by atomic mass is 19.1. The molecule has 0 atom stereocenters. The molecule has 1 aromatic carbocycles. The first kappa shape index (κ1) is 11.5. The summed E-state index contributed by atoms with van der Waals surface area (Å²) in [6, 6.07) is 2.98. The lowest BCUT2D eigenvalue weighted by Gasteiger charge is -2.03. The number of carbonyl (C=O) groups excluding carboxylic acids is 1. The molecular weight excluding hydrogens is 229 g/mol. The number of ether oxygens (including phenoxy) is 1. The van der Waals surface area contributed by atoms with Gasteiger partial charge in [0, 0.05) is 6.07 Å². The van der Waals surface area contributed by atoms with Gasteiger partial charge in [0.05, 0.1) is 17.1 Å². The van der Waals surface area contributed by atoms with E-state index < -0.39 is 22.4 Å². The lowest BCUT2D eigenvalue weighted by Crippen LogP contribution is -2.08. The van der Waals surface area contributed by atoms with Crippen LogP contribution in [-0.4, -0.2) is 17.5 Å². The monoisotopic (exact) mass is 239 g/mol. The summed E-state index contributed by atoms with van der Waals surface area (Å²) in [5, 5.41) is 10.4. The van der Waals surface area contributed by atoms with Gasteiger partial charge in [-0.1, -0.05) is 0 Å². The van der Waals surface area contributed by atoms with Crippen LogP contribution in [0.3, 0.4) is 0 Å². The van der Waals surface area contributed by atoms with Crippen LogP contribution < -0.4 is 0 Å².